The molecule has 2 rings (SSSR count). The number of rotatable bonds is 5. The van der Waals surface area contributed by atoms with Crippen LogP contribution in [-0.2, 0) is 14.4 Å². The van der Waals surface area contributed by atoms with Crippen molar-refractivity contribution in [2.45, 2.75) is 40.0 Å². The summed E-state index contributed by atoms with van der Waals surface area (Å²) in [6.07, 6.45) is 7.29. The second-order valence-electron chi connectivity index (χ2n) is 7.75. The van der Waals surface area contributed by atoms with E-state index in [0.717, 1.165) is 37.9 Å². The number of carbonyl (C=O) groups is 2. The predicted octanol–water partition coefficient (Wildman–Crippen LogP) is 4.09. The van der Waals surface area contributed by atoms with Gasteiger partial charge in [-0.3, -0.25) is 0 Å². The average Bonchev–Trinajstić information content (AvgIpc) is 2.62. The topological polar surface area (TPSA) is 55.8 Å². The third-order valence-corrected chi connectivity index (χ3v) is 4.51. The number of hydrogen-bond donors (Lipinski definition) is 0. The molecule has 0 bridgehead atoms. The summed E-state index contributed by atoms with van der Waals surface area (Å²) < 4.78 is 4.70. The Morgan fingerprint density at radius 1 is 1.15 bits per heavy atom. The average molecular weight is 359 g/mol. The second kappa shape index (κ2) is 8.99. The fraction of sp³-hybridized carbons (Fsp3) is 0.524. The van der Waals surface area contributed by atoms with Gasteiger partial charge in [0, 0.05) is 13.1 Å². The fourth-order valence-corrected chi connectivity index (χ4v) is 2.74. The maximum absolute atomic E-state index is 11.9. The summed E-state index contributed by atoms with van der Waals surface area (Å²) in [6, 6.07) is 7.37. The minimum atomic E-state index is -0.469. The Morgan fingerprint density at radius 3 is 2.31 bits per heavy atom. The van der Waals surface area contributed by atoms with Crippen molar-refractivity contribution >= 4 is 18.0 Å². The number of piperidine rings is 1. The zero-order valence-electron chi connectivity index (χ0n) is 16.2. The summed E-state index contributed by atoms with van der Waals surface area (Å²) in [5, 5.41) is 1.79. The Bertz CT molecular complexity index is 635. The van der Waals surface area contributed by atoms with Crippen LogP contribution < -0.4 is 0 Å². The zero-order chi connectivity index (χ0) is 19.2. The molecule has 26 heavy (non-hydrogen) atoms. The molecule has 5 nitrogen and oxygen atoms in total. The number of hydroxylamine groups is 2. The zero-order valence-corrected chi connectivity index (χ0v) is 16.2. The Hall–Kier alpha value is -2.14. The molecule has 1 aromatic carbocycles. The molecule has 0 unspecified atom stereocenters. The number of ether oxygens (including phenoxy) is 1. The Labute approximate surface area is 155 Å². The van der Waals surface area contributed by atoms with Crippen molar-refractivity contribution in [1.29, 1.82) is 0 Å². The number of hydrogen-bond acceptors (Lipinski definition) is 5. The molecule has 1 saturated heterocycles. The van der Waals surface area contributed by atoms with Gasteiger partial charge in [-0.05, 0) is 63.6 Å². The van der Waals surface area contributed by atoms with Crippen LogP contribution in [0.3, 0.4) is 0 Å². The van der Waals surface area contributed by atoms with E-state index in [0.29, 0.717) is 11.5 Å². The van der Waals surface area contributed by atoms with E-state index >= 15 is 0 Å². The van der Waals surface area contributed by atoms with E-state index in [2.05, 4.69) is 12.2 Å². The lowest BCUT2D eigenvalue weighted by Crippen LogP contribution is -2.38. The van der Waals surface area contributed by atoms with Crippen LogP contribution in [0.15, 0.2) is 30.3 Å². The molecule has 5 heteroatoms. The summed E-state index contributed by atoms with van der Waals surface area (Å²) in [6.45, 7) is 7.17. The highest BCUT2D eigenvalue weighted by atomic mass is 16.7. The molecule has 1 fully saturated rings. The van der Waals surface area contributed by atoms with Crippen LogP contribution in [0.1, 0.15) is 56.0 Å². The number of nitrogens with zero attached hydrogens (tertiary/aromatic N) is 1. The first kappa shape index (κ1) is 20.2. The standard InChI is InChI=1S/C21H29NO4/c1-21(2,3)20(24)26-22-14-12-17(13-15-22)7-5-6-16-8-10-18(11-9-16)19(23)25-4/h5-6,8-11,17H,7,12-15H2,1-4H3/b6-5+. The normalized spacial score (nSPS) is 16.6. The predicted molar refractivity (Wildman–Crippen MR) is 101 cm³/mol. The first-order valence-corrected chi connectivity index (χ1v) is 9.12. The summed E-state index contributed by atoms with van der Waals surface area (Å²) in [5.41, 5.74) is 1.15. The number of allylic oxidation sites excluding steroid dienone is 1. The molecule has 0 saturated carbocycles. The van der Waals surface area contributed by atoms with Gasteiger partial charge in [0.05, 0.1) is 18.1 Å². The van der Waals surface area contributed by atoms with Gasteiger partial charge in [-0.2, -0.15) is 0 Å². The van der Waals surface area contributed by atoms with Gasteiger partial charge in [-0.15, -0.1) is 5.06 Å². The smallest absolute Gasteiger partial charge is 0.337 e. The van der Waals surface area contributed by atoms with Crippen LogP contribution in [0.5, 0.6) is 0 Å². The Kier molecular flexibility index (Phi) is 6.98. The van der Waals surface area contributed by atoms with Gasteiger partial charge < -0.3 is 9.57 Å². The van der Waals surface area contributed by atoms with Crippen molar-refractivity contribution in [2.75, 3.05) is 20.2 Å². The second-order valence-corrected chi connectivity index (χ2v) is 7.75. The molecule has 1 aliphatic heterocycles. The molecule has 0 spiro atoms. The molecule has 0 radical (unpaired) electrons. The molecule has 0 aromatic heterocycles. The first-order chi connectivity index (χ1) is 12.3. The Balaban J connectivity index is 1.75. The summed E-state index contributed by atoms with van der Waals surface area (Å²) in [5.74, 6) is 0.107. The molecular formula is C21H29NO4. The number of carbonyl (C=O) groups excluding carboxylic acids is 2. The molecule has 0 atom stereocenters. The third kappa shape index (κ3) is 5.99. The van der Waals surface area contributed by atoms with Gasteiger partial charge in [0.25, 0.3) is 0 Å². The van der Waals surface area contributed by atoms with Crippen molar-refractivity contribution in [2.24, 2.45) is 11.3 Å². The van der Waals surface area contributed by atoms with Crippen LogP contribution in [0.4, 0.5) is 0 Å². The van der Waals surface area contributed by atoms with Crippen molar-refractivity contribution in [3.8, 4) is 0 Å². The van der Waals surface area contributed by atoms with E-state index in [9.17, 15) is 9.59 Å². The van der Waals surface area contributed by atoms with E-state index < -0.39 is 5.41 Å². The first-order valence-electron chi connectivity index (χ1n) is 9.12. The molecule has 0 N–H and O–H groups in total. The monoisotopic (exact) mass is 359 g/mol. The van der Waals surface area contributed by atoms with Crippen LogP contribution >= 0.6 is 0 Å². The lowest BCUT2D eigenvalue weighted by molar-refractivity contribution is -0.205. The van der Waals surface area contributed by atoms with Crippen molar-refractivity contribution in [3.05, 3.63) is 41.5 Å². The van der Waals surface area contributed by atoms with Crippen LogP contribution in [0.25, 0.3) is 6.08 Å². The SMILES string of the molecule is COC(=O)c1ccc(/C=C/CC2CCN(OC(=O)C(C)(C)C)CC2)cc1. The lowest BCUT2D eigenvalue weighted by atomic mass is 9.94. The van der Waals surface area contributed by atoms with Crippen molar-refractivity contribution < 1.29 is 19.2 Å². The molecular weight excluding hydrogens is 330 g/mol. The summed E-state index contributed by atoms with van der Waals surface area (Å²) in [7, 11) is 1.38. The number of esters is 1. The van der Waals surface area contributed by atoms with Gasteiger partial charge in [0.15, 0.2) is 0 Å². The van der Waals surface area contributed by atoms with Crippen LogP contribution in [0, 0.1) is 11.3 Å². The van der Waals surface area contributed by atoms with E-state index in [4.69, 9.17) is 9.57 Å². The van der Waals surface area contributed by atoms with E-state index in [1.807, 2.05) is 32.9 Å². The quantitative estimate of drug-likeness (QED) is 0.741. The lowest BCUT2D eigenvalue weighted by Gasteiger charge is -2.31. The Morgan fingerprint density at radius 2 is 1.77 bits per heavy atom. The van der Waals surface area contributed by atoms with E-state index in [1.165, 1.54) is 7.11 Å². The molecule has 1 aromatic rings. The molecule has 1 heterocycles. The molecule has 142 valence electrons. The maximum Gasteiger partial charge on any atom is 0.337 e. The third-order valence-electron chi connectivity index (χ3n) is 4.51. The van der Waals surface area contributed by atoms with Gasteiger partial charge in [0.1, 0.15) is 0 Å². The van der Waals surface area contributed by atoms with Gasteiger partial charge in [0.2, 0.25) is 0 Å². The van der Waals surface area contributed by atoms with Gasteiger partial charge >= 0.3 is 11.9 Å². The van der Waals surface area contributed by atoms with E-state index in [-0.39, 0.29) is 11.9 Å². The minimum Gasteiger partial charge on any atom is -0.465 e. The highest BCUT2D eigenvalue weighted by molar-refractivity contribution is 5.89. The molecule has 0 amide bonds. The van der Waals surface area contributed by atoms with Gasteiger partial charge in [-0.1, -0.05) is 24.3 Å². The van der Waals surface area contributed by atoms with Gasteiger partial charge in [-0.25, -0.2) is 9.59 Å². The largest absolute Gasteiger partial charge is 0.465 e. The number of benzene rings is 1. The highest BCUT2D eigenvalue weighted by Gasteiger charge is 2.28. The summed E-state index contributed by atoms with van der Waals surface area (Å²) in [4.78, 5) is 28.8. The number of methoxy groups -OCH3 is 1. The molecule has 1 aliphatic rings. The summed E-state index contributed by atoms with van der Waals surface area (Å²) >= 11 is 0. The van der Waals surface area contributed by atoms with Crippen LogP contribution in [0.2, 0.25) is 0 Å². The maximum atomic E-state index is 11.9. The van der Waals surface area contributed by atoms with Crippen LogP contribution in [-0.4, -0.2) is 37.2 Å². The highest BCUT2D eigenvalue weighted by Crippen LogP contribution is 2.23. The minimum absolute atomic E-state index is 0.175. The van der Waals surface area contributed by atoms with E-state index in [1.54, 1.807) is 17.2 Å². The fourth-order valence-electron chi connectivity index (χ4n) is 2.74. The van der Waals surface area contributed by atoms with Crippen molar-refractivity contribution in [3.63, 3.8) is 0 Å². The molecule has 0 aliphatic carbocycles. The van der Waals surface area contributed by atoms with Crippen molar-refractivity contribution in [1.82, 2.24) is 5.06 Å².